The minimum Gasteiger partial charge on any atom is -0.299 e. The normalized spacial score (nSPS) is 11.5. The molecule has 0 amide bonds. The molecule has 1 nitrogen and oxygen atoms in total. The third-order valence-corrected chi connectivity index (χ3v) is 2.35. The molecule has 0 aromatic carbocycles. The topological polar surface area (TPSA) is 17.1 Å². The lowest BCUT2D eigenvalue weighted by atomic mass is 10.1. The smallest absolute Gasteiger partial charge is 0.142 e. The van der Waals surface area contributed by atoms with Crippen LogP contribution in [0.2, 0.25) is 0 Å². The minimum absolute atomic E-state index is 0.844. The van der Waals surface area contributed by atoms with Crippen LogP contribution in [0.3, 0.4) is 0 Å². The van der Waals surface area contributed by atoms with Gasteiger partial charge < -0.3 is 0 Å². The van der Waals surface area contributed by atoms with Crippen LogP contribution in [0.5, 0.6) is 0 Å². The van der Waals surface area contributed by atoms with Crippen molar-refractivity contribution in [2.75, 3.05) is 0 Å². The number of rotatable bonds is 10. The van der Waals surface area contributed by atoms with Gasteiger partial charge in [-0.3, -0.25) is 4.79 Å². The van der Waals surface area contributed by atoms with Crippen molar-refractivity contribution in [2.24, 2.45) is 0 Å². The Morgan fingerprint density at radius 2 is 1.40 bits per heavy atom. The van der Waals surface area contributed by atoms with Gasteiger partial charge in [0.2, 0.25) is 0 Å². The molecule has 0 saturated carbocycles. The van der Waals surface area contributed by atoms with Gasteiger partial charge in [-0.25, -0.2) is 0 Å². The lowest BCUT2D eigenvalue weighted by Gasteiger charge is -1.95. The number of carbonyl (C=O) groups is 1. The maximum Gasteiger partial charge on any atom is 0.142 e. The Hall–Kier alpha value is -0.850. The molecule has 0 N–H and O–H groups in total. The molecule has 0 aliphatic heterocycles. The largest absolute Gasteiger partial charge is 0.299 e. The predicted molar refractivity (Wildman–Crippen MR) is 67.0 cm³/mol. The summed E-state index contributed by atoms with van der Waals surface area (Å²) in [5.74, 6) is 0. The van der Waals surface area contributed by atoms with E-state index < -0.39 is 0 Å². The van der Waals surface area contributed by atoms with Crippen molar-refractivity contribution in [3.8, 4) is 0 Å². The molecule has 0 fully saturated rings. The summed E-state index contributed by atoms with van der Waals surface area (Å²) in [6, 6.07) is 0. The predicted octanol–water partition coefficient (Wildman–Crippen LogP) is 4.44. The summed E-state index contributed by atoms with van der Waals surface area (Å²) in [4.78, 5) is 9.97. The van der Waals surface area contributed by atoms with Crippen molar-refractivity contribution >= 4 is 6.29 Å². The standard InChI is InChI=1S/C14H24O/c1-2-3-4-5-6-7-8-9-10-11-12-13-14-15/h5-6,12-14H,2-4,7-11H2,1H3/b6-5?,13-12-. The van der Waals surface area contributed by atoms with Crippen molar-refractivity contribution in [1.82, 2.24) is 0 Å². The van der Waals surface area contributed by atoms with Gasteiger partial charge in [0.1, 0.15) is 6.29 Å². The zero-order valence-corrected chi connectivity index (χ0v) is 9.95. The third kappa shape index (κ3) is 13.2. The van der Waals surface area contributed by atoms with Crippen molar-refractivity contribution in [3.05, 3.63) is 24.3 Å². The van der Waals surface area contributed by atoms with Crippen molar-refractivity contribution in [3.63, 3.8) is 0 Å². The Balaban J connectivity index is 3.07. The first-order valence-corrected chi connectivity index (χ1v) is 6.17. The molecule has 0 aromatic rings. The van der Waals surface area contributed by atoms with Crippen LogP contribution in [0.15, 0.2) is 24.3 Å². The minimum atomic E-state index is 0.844. The van der Waals surface area contributed by atoms with Gasteiger partial charge in [0.05, 0.1) is 0 Å². The molecule has 0 bridgehead atoms. The molecule has 1 heteroatoms. The van der Waals surface area contributed by atoms with E-state index in [1.807, 2.05) is 6.08 Å². The second kappa shape index (κ2) is 13.2. The summed E-state index contributed by atoms with van der Waals surface area (Å²) in [5, 5.41) is 0. The first-order valence-electron chi connectivity index (χ1n) is 6.17. The lowest BCUT2D eigenvalue weighted by molar-refractivity contribution is -0.104. The second-order valence-corrected chi connectivity index (χ2v) is 3.82. The van der Waals surface area contributed by atoms with E-state index in [2.05, 4.69) is 19.1 Å². The highest BCUT2D eigenvalue weighted by Crippen LogP contribution is 2.05. The quantitative estimate of drug-likeness (QED) is 0.224. The fourth-order valence-electron chi connectivity index (χ4n) is 1.41. The Morgan fingerprint density at radius 3 is 2.00 bits per heavy atom. The van der Waals surface area contributed by atoms with Gasteiger partial charge in [-0.05, 0) is 38.2 Å². The van der Waals surface area contributed by atoms with Gasteiger partial charge in [0.25, 0.3) is 0 Å². The summed E-state index contributed by atoms with van der Waals surface area (Å²) in [5.41, 5.74) is 0. The number of aldehydes is 1. The molecule has 0 atom stereocenters. The molecule has 0 rings (SSSR count). The molecular weight excluding hydrogens is 184 g/mol. The first kappa shape index (κ1) is 14.2. The van der Waals surface area contributed by atoms with E-state index in [0.29, 0.717) is 0 Å². The molecule has 0 aliphatic carbocycles. The summed E-state index contributed by atoms with van der Waals surface area (Å²) < 4.78 is 0. The van der Waals surface area contributed by atoms with E-state index in [1.165, 1.54) is 44.9 Å². The van der Waals surface area contributed by atoms with Crippen LogP contribution in [0.4, 0.5) is 0 Å². The van der Waals surface area contributed by atoms with Crippen molar-refractivity contribution in [2.45, 2.75) is 58.3 Å². The molecular formula is C14H24O. The monoisotopic (exact) mass is 208 g/mol. The number of hydrogen-bond acceptors (Lipinski definition) is 1. The third-order valence-electron chi connectivity index (χ3n) is 2.35. The highest BCUT2D eigenvalue weighted by molar-refractivity contribution is 5.64. The van der Waals surface area contributed by atoms with Crippen LogP contribution in [0.25, 0.3) is 0 Å². The number of carbonyl (C=O) groups excluding carboxylic acids is 1. The van der Waals surface area contributed by atoms with E-state index in [9.17, 15) is 4.79 Å². The zero-order valence-electron chi connectivity index (χ0n) is 9.95. The van der Waals surface area contributed by atoms with Crippen LogP contribution in [-0.4, -0.2) is 6.29 Å². The average molecular weight is 208 g/mol. The SMILES string of the molecule is CCCCC=CCCCCC/C=C\C=O. The fourth-order valence-corrected chi connectivity index (χ4v) is 1.41. The summed E-state index contributed by atoms with van der Waals surface area (Å²) >= 11 is 0. The van der Waals surface area contributed by atoms with E-state index >= 15 is 0 Å². The summed E-state index contributed by atoms with van der Waals surface area (Å²) in [7, 11) is 0. The van der Waals surface area contributed by atoms with Crippen LogP contribution in [-0.2, 0) is 4.79 Å². The van der Waals surface area contributed by atoms with Gasteiger partial charge in [-0.1, -0.05) is 44.4 Å². The van der Waals surface area contributed by atoms with E-state index in [4.69, 9.17) is 0 Å². The van der Waals surface area contributed by atoms with Crippen LogP contribution in [0, 0.1) is 0 Å². The molecule has 0 aromatic heterocycles. The van der Waals surface area contributed by atoms with Crippen molar-refractivity contribution < 1.29 is 4.79 Å². The lowest BCUT2D eigenvalue weighted by Crippen LogP contribution is -1.75. The van der Waals surface area contributed by atoms with E-state index in [1.54, 1.807) is 6.08 Å². The van der Waals surface area contributed by atoms with Crippen LogP contribution in [0.1, 0.15) is 58.3 Å². The molecule has 15 heavy (non-hydrogen) atoms. The molecule has 86 valence electrons. The van der Waals surface area contributed by atoms with Gasteiger partial charge >= 0.3 is 0 Å². The highest BCUT2D eigenvalue weighted by atomic mass is 16.1. The Bertz CT molecular complexity index is 180. The molecule has 0 spiro atoms. The first-order chi connectivity index (χ1) is 7.41. The molecule has 0 heterocycles. The highest BCUT2D eigenvalue weighted by Gasteiger charge is 1.85. The number of hydrogen-bond donors (Lipinski definition) is 0. The molecule has 0 radical (unpaired) electrons. The second-order valence-electron chi connectivity index (χ2n) is 3.82. The molecule has 0 unspecified atom stereocenters. The summed E-state index contributed by atoms with van der Waals surface area (Å²) in [6.45, 7) is 2.22. The van der Waals surface area contributed by atoms with Gasteiger partial charge in [-0.2, -0.15) is 0 Å². The number of allylic oxidation sites excluding steroid dienone is 4. The maximum absolute atomic E-state index is 9.97. The van der Waals surface area contributed by atoms with Crippen LogP contribution >= 0.6 is 0 Å². The Labute approximate surface area is 94.3 Å². The van der Waals surface area contributed by atoms with Gasteiger partial charge in [-0.15, -0.1) is 0 Å². The Morgan fingerprint density at radius 1 is 0.800 bits per heavy atom. The maximum atomic E-state index is 9.97. The summed E-state index contributed by atoms with van der Waals surface area (Å²) in [6.07, 6.45) is 18.8. The average Bonchev–Trinajstić information content (AvgIpc) is 2.26. The molecule has 0 aliphatic rings. The van der Waals surface area contributed by atoms with E-state index in [0.717, 1.165) is 12.7 Å². The van der Waals surface area contributed by atoms with E-state index in [-0.39, 0.29) is 0 Å². The number of unbranched alkanes of at least 4 members (excludes halogenated alkanes) is 6. The van der Waals surface area contributed by atoms with Gasteiger partial charge in [0.15, 0.2) is 0 Å². The van der Waals surface area contributed by atoms with Crippen molar-refractivity contribution in [1.29, 1.82) is 0 Å². The fraction of sp³-hybridized carbons (Fsp3) is 0.643. The molecule has 0 saturated heterocycles. The Kier molecular flexibility index (Phi) is 12.4. The van der Waals surface area contributed by atoms with Crippen LogP contribution < -0.4 is 0 Å². The zero-order chi connectivity index (χ0) is 11.2. The van der Waals surface area contributed by atoms with Gasteiger partial charge in [0, 0.05) is 0 Å².